The van der Waals surface area contributed by atoms with Crippen molar-refractivity contribution in [1.82, 2.24) is 4.98 Å². The van der Waals surface area contributed by atoms with Gasteiger partial charge in [0.1, 0.15) is 0 Å². The summed E-state index contributed by atoms with van der Waals surface area (Å²) in [5.41, 5.74) is 2.67. The molecule has 5 nitrogen and oxygen atoms in total. The Morgan fingerprint density at radius 3 is 2.58 bits per heavy atom. The van der Waals surface area contributed by atoms with Crippen LogP contribution >= 0.6 is 35.0 Å². The molecule has 1 atom stereocenters. The second kappa shape index (κ2) is 10.3. The van der Waals surface area contributed by atoms with E-state index >= 15 is 0 Å². The van der Waals surface area contributed by atoms with E-state index in [0.29, 0.717) is 22.7 Å². The summed E-state index contributed by atoms with van der Waals surface area (Å²) in [5.74, 6) is -0.404. The molecule has 2 amide bonds. The van der Waals surface area contributed by atoms with Gasteiger partial charge in [0.15, 0.2) is 0 Å². The molecule has 4 aromatic rings. The molecule has 3 N–H and O–H groups in total. The zero-order valence-electron chi connectivity index (χ0n) is 17.7. The zero-order valence-corrected chi connectivity index (χ0v) is 20.0. The van der Waals surface area contributed by atoms with Gasteiger partial charge in [0.25, 0.3) is 5.91 Å². The number of amides is 2. The summed E-state index contributed by atoms with van der Waals surface area (Å²) in [7, 11) is 0. The van der Waals surface area contributed by atoms with Gasteiger partial charge in [-0.3, -0.25) is 9.59 Å². The topological polar surface area (TPSA) is 74.0 Å². The maximum atomic E-state index is 12.9. The van der Waals surface area contributed by atoms with Crippen LogP contribution in [0.5, 0.6) is 0 Å². The van der Waals surface area contributed by atoms with Crippen LogP contribution in [0.2, 0.25) is 10.0 Å². The van der Waals surface area contributed by atoms with E-state index in [1.807, 2.05) is 55.6 Å². The number of benzene rings is 3. The van der Waals surface area contributed by atoms with E-state index < -0.39 is 0 Å². The van der Waals surface area contributed by atoms with Crippen LogP contribution in [-0.2, 0) is 4.79 Å². The molecule has 1 heterocycles. The molecule has 0 saturated carbocycles. The summed E-state index contributed by atoms with van der Waals surface area (Å²) in [6.45, 7) is 1.97. The molecule has 0 aliphatic heterocycles. The predicted octanol–water partition coefficient (Wildman–Crippen LogP) is 7.24. The third-order valence-electron chi connectivity index (χ3n) is 5.03. The highest BCUT2D eigenvalue weighted by molar-refractivity contribution is 8.00. The summed E-state index contributed by atoms with van der Waals surface area (Å²) >= 11 is 13.5. The summed E-state index contributed by atoms with van der Waals surface area (Å²) < 4.78 is 0. The first-order valence-electron chi connectivity index (χ1n) is 10.3. The number of anilines is 2. The van der Waals surface area contributed by atoms with Crippen LogP contribution in [0.1, 0.15) is 23.7 Å². The highest BCUT2D eigenvalue weighted by Crippen LogP contribution is 2.29. The highest BCUT2D eigenvalue weighted by atomic mass is 35.5. The summed E-state index contributed by atoms with van der Waals surface area (Å²) in [5, 5.41) is 7.40. The van der Waals surface area contributed by atoms with E-state index in [-0.39, 0.29) is 22.1 Å². The second-order valence-corrected chi connectivity index (χ2v) is 9.51. The lowest BCUT2D eigenvalue weighted by Gasteiger charge is -2.16. The average molecular weight is 498 g/mol. The van der Waals surface area contributed by atoms with E-state index in [1.165, 1.54) is 17.8 Å². The molecule has 0 radical (unpaired) electrons. The molecule has 1 unspecified atom stereocenters. The molecule has 0 saturated heterocycles. The van der Waals surface area contributed by atoms with Gasteiger partial charge in [-0.25, -0.2) is 0 Å². The van der Waals surface area contributed by atoms with Gasteiger partial charge in [-0.1, -0.05) is 42.3 Å². The number of rotatable bonds is 7. The van der Waals surface area contributed by atoms with Crippen molar-refractivity contribution in [2.45, 2.75) is 23.5 Å². The van der Waals surface area contributed by atoms with Crippen molar-refractivity contribution >= 4 is 69.1 Å². The normalized spacial score (nSPS) is 11.8. The van der Waals surface area contributed by atoms with Gasteiger partial charge < -0.3 is 15.6 Å². The quantitative estimate of drug-likeness (QED) is 0.235. The lowest BCUT2D eigenvalue weighted by molar-refractivity contribution is -0.115. The first-order chi connectivity index (χ1) is 15.9. The van der Waals surface area contributed by atoms with Crippen LogP contribution in [0.25, 0.3) is 10.9 Å². The third kappa shape index (κ3) is 5.71. The zero-order chi connectivity index (χ0) is 23.4. The minimum atomic E-state index is -0.330. The van der Waals surface area contributed by atoms with Gasteiger partial charge in [0.05, 0.1) is 15.8 Å². The Morgan fingerprint density at radius 2 is 1.79 bits per heavy atom. The largest absolute Gasteiger partial charge is 0.361 e. The minimum Gasteiger partial charge on any atom is -0.361 e. The Bertz CT molecular complexity index is 1320. The molecule has 0 fully saturated rings. The van der Waals surface area contributed by atoms with Crippen molar-refractivity contribution in [2.75, 3.05) is 10.6 Å². The fraction of sp³-hybridized carbons (Fsp3) is 0.120. The Morgan fingerprint density at radius 1 is 0.970 bits per heavy atom. The van der Waals surface area contributed by atoms with Gasteiger partial charge >= 0.3 is 0 Å². The molecule has 168 valence electrons. The molecule has 0 aliphatic rings. The Balaban J connectivity index is 1.43. The number of hydrogen-bond acceptors (Lipinski definition) is 3. The van der Waals surface area contributed by atoms with Gasteiger partial charge in [-0.15, -0.1) is 11.8 Å². The van der Waals surface area contributed by atoms with E-state index in [9.17, 15) is 9.59 Å². The maximum Gasteiger partial charge on any atom is 0.257 e. The van der Waals surface area contributed by atoms with Crippen LogP contribution in [0.15, 0.2) is 77.8 Å². The van der Waals surface area contributed by atoms with E-state index in [4.69, 9.17) is 23.2 Å². The Kier molecular flexibility index (Phi) is 7.28. The average Bonchev–Trinajstić information content (AvgIpc) is 3.25. The number of thioether (sulfide) groups is 1. The van der Waals surface area contributed by atoms with E-state index in [0.717, 1.165) is 21.5 Å². The second-order valence-electron chi connectivity index (χ2n) is 7.39. The van der Waals surface area contributed by atoms with Crippen LogP contribution in [-0.4, -0.2) is 22.0 Å². The van der Waals surface area contributed by atoms with Gasteiger partial charge in [-0.2, -0.15) is 0 Å². The molecule has 0 bridgehead atoms. The number of nitrogens with one attached hydrogen (secondary N) is 3. The number of fused-ring (bicyclic) bond motifs is 1. The minimum absolute atomic E-state index is 0.0733. The number of H-pyrrole nitrogens is 1. The van der Waals surface area contributed by atoms with Crippen molar-refractivity contribution in [3.05, 3.63) is 88.5 Å². The lowest BCUT2D eigenvalue weighted by atomic mass is 10.2. The standard InChI is InChI=1S/C25H21Cl2N3O2S/c1-2-23(25(32)30-18-8-6-15-10-11-28-22(15)14-18)33-19-5-3-4-17(13-19)29-24(31)20-9-7-16(26)12-21(20)27/h3-14,23,28H,2H2,1H3,(H,29,31)(H,30,32). The molecule has 0 aliphatic carbocycles. The number of carbonyl (C=O) groups excluding carboxylic acids is 2. The number of carbonyl (C=O) groups is 2. The molecule has 3 aromatic carbocycles. The molecular formula is C25H21Cl2N3O2S. The van der Waals surface area contributed by atoms with Crippen LogP contribution in [0.4, 0.5) is 11.4 Å². The predicted molar refractivity (Wildman–Crippen MR) is 138 cm³/mol. The third-order valence-corrected chi connectivity index (χ3v) is 6.94. The van der Waals surface area contributed by atoms with Crippen LogP contribution in [0.3, 0.4) is 0 Å². The first kappa shape index (κ1) is 23.2. The molecule has 1 aromatic heterocycles. The number of aromatic nitrogens is 1. The summed E-state index contributed by atoms with van der Waals surface area (Å²) in [6.07, 6.45) is 2.52. The molecule has 4 rings (SSSR count). The fourth-order valence-corrected chi connectivity index (χ4v) is 4.86. The maximum absolute atomic E-state index is 12.9. The van der Waals surface area contributed by atoms with Crippen molar-refractivity contribution < 1.29 is 9.59 Å². The van der Waals surface area contributed by atoms with E-state index in [1.54, 1.807) is 18.2 Å². The fourth-order valence-electron chi connectivity index (χ4n) is 3.35. The number of aromatic amines is 1. The molecular weight excluding hydrogens is 477 g/mol. The molecule has 8 heteroatoms. The lowest BCUT2D eigenvalue weighted by Crippen LogP contribution is -2.24. The summed E-state index contributed by atoms with van der Waals surface area (Å²) in [4.78, 5) is 29.5. The molecule has 33 heavy (non-hydrogen) atoms. The number of halogens is 2. The Hall–Kier alpha value is -2.93. The molecule has 0 spiro atoms. The van der Waals surface area contributed by atoms with Crippen molar-refractivity contribution in [1.29, 1.82) is 0 Å². The SMILES string of the molecule is CCC(Sc1cccc(NC(=O)c2ccc(Cl)cc2Cl)c1)C(=O)Nc1ccc2cc[nH]c2c1. The van der Waals surface area contributed by atoms with Gasteiger partial charge in [0.2, 0.25) is 5.91 Å². The van der Waals surface area contributed by atoms with Crippen molar-refractivity contribution in [3.8, 4) is 0 Å². The monoisotopic (exact) mass is 497 g/mol. The van der Waals surface area contributed by atoms with Crippen molar-refractivity contribution in [2.24, 2.45) is 0 Å². The van der Waals surface area contributed by atoms with Crippen LogP contribution < -0.4 is 10.6 Å². The number of hydrogen-bond donors (Lipinski definition) is 3. The van der Waals surface area contributed by atoms with E-state index in [2.05, 4.69) is 15.6 Å². The van der Waals surface area contributed by atoms with Gasteiger partial charge in [-0.05, 0) is 66.4 Å². The Labute approximate surface area is 205 Å². The van der Waals surface area contributed by atoms with Crippen LogP contribution in [0, 0.1) is 0 Å². The summed E-state index contributed by atoms with van der Waals surface area (Å²) in [6, 6.07) is 19.9. The first-order valence-corrected chi connectivity index (χ1v) is 12.0. The van der Waals surface area contributed by atoms with Gasteiger partial charge in [0, 0.05) is 33.0 Å². The smallest absolute Gasteiger partial charge is 0.257 e. The van der Waals surface area contributed by atoms with Crippen molar-refractivity contribution in [3.63, 3.8) is 0 Å². The highest BCUT2D eigenvalue weighted by Gasteiger charge is 2.19.